The lowest BCUT2D eigenvalue weighted by Crippen LogP contribution is -2.03. The maximum absolute atomic E-state index is 12.0. The Hall–Kier alpha value is -2.54. The Morgan fingerprint density at radius 2 is 1.65 bits per heavy atom. The van der Waals surface area contributed by atoms with E-state index in [1.54, 1.807) is 12.1 Å². The lowest BCUT2D eigenvalue weighted by molar-refractivity contribution is -0.135. The zero-order chi connectivity index (χ0) is 16.7. The second-order valence-electron chi connectivity index (χ2n) is 4.25. The molecule has 23 heavy (non-hydrogen) atoms. The molecular formula is C16H16N2O4S. The zero-order valence-electron chi connectivity index (χ0n) is 13.0. The van der Waals surface area contributed by atoms with Crippen molar-refractivity contribution >= 4 is 23.8 Å². The lowest BCUT2D eigenvalue weighted by atomic mass is 10.2. The van der Waals surface area contributed by atoms with Crippen LogP contribution in [0.2, 0.25) is 0 Å². The number of rotatable bonds is 6. The highest BCUT2D eigenvalue weighted by molar-refractivity contribution is 8.04. The van der Waals surface area contributed by atoms with E-state index in [1.165, 1.54) is 21.3 Å². The molecule has 0 atom stereocenters. The summed E-state index contributed by atoms with van der Waals surface area (Å²) in [5.41, 5.74) is 0.871. The van der Waals surface area contributed by atoms with Crippen LogP contribution >= 0.6 is 11.8 Å². The summed E-state index contributed by atoms with van der Waals surface area (Å²) in [5, 5.41) is 0.328. The summed E-state index contributed by atoms with van der Waals surface area (Å²) >= 11 is 1.08. The minimum atomic E-state index is -0.468. The van der Waals surface area contributed by atoms with Crippen molar-refractivity contribution < 1.29 is 19.0 Å². The Morgan fingerprint density at radius 1 is 1.04 bits per heavy atom. The molecule has 0 amide bonds. The largest absolute Gasteiger partial charge is 0.481 e. The van der Waals surface area contributed by atoms with Gasteiger partial charge in [-0.25, -0.2) is 4.79 Å². The highest BCUT2D eigenvalue weighted by Gasteiger charge is 2.15. The summed E-state index contributed by atoms with van der Waals surface area (Å²) in [6, 6.07) is 11.0. The average Bonchev–Trinajstić information content (AvgIpc) is 2.60. The summed E-state index contributed by atoms with van der Waals surface area (Å²) in [7, 11) is 4.32. The van der Waals surface area contributed by atoms with Gasteiger partial charge in [0.2, 0.25) is 11.8 Å². The van der Waals surface area contributed by atoms with Gasteiger partial charge in [-0.15, -0.1) is 0 Å². The molecule has 120 valence electrons. The van der Waals surface area contributed by atoms with Crippen LogP contribution in [0.3, 0.4) is 0 Å². The van der Waals surface area contributed by atoms with Crippen molar-refractivity contribution in [2.45, 2.75) is 5.16 Å². The molecule has 0 fully saturated rings. The Kier molecular flexibility index (Phi) is 5.99. The van der Waals surface area contributed by atoms with Crippen molar-refractivity contribution in [3.05, 3.63) is 46.9 Å². The third-order valence-corrected chi connectivity index (χ3v) is 3.63. The monoisotopic (exact) mass is 332 g/mol. The number of aromatic nitrogens is 2. The molecule has 0 saturated carbocycles. The van der Waals surface area contributed by atoms with E-state index in [1.807, 2.05) is 30.3 Å². The van der Waals surface area contributed by atoms with Crippen molar-refractivity contribution in [1.82, 2.24) is 9.97 Å². The van der Waals surface area contributed by atoms with Gasteiger partial charge in [0, 0.05) is 0 Å². The summed E-state index contributed by atoms with van der Waals surface area (Å²) in [6.07, 6.45) is 1.71. The lowest BCUT2D eigenvalue weighted by Gasteiger charge is -2.07. The van der Waals surface area contributed by atoms with Gasteiger partial charge in [-0.2, -0.15) is 9.97 Å². The van der Waals surface area contributed by atoms with E-state index < -0.39 is 5.97 Å². The predicted octanol–water partition coefficient (Wildman–Crippen LogP) is 2.80. The topological polar surface area (TPSA) is 70.5 Å². The van der Waals surface area contributed by atoms with Crippen LogP contribution in [0.4, 0.5) is 0 Å². The van der Waals surface area contributed by atoms with E-state index in [0.29, 0.717) is 21.8 Å². The number of carbonyl (C=O) groups is 1. The van der Waals surface area contributed by atoms with Gasteiger partial charge in [0.1, 0.15) is 4.91 Å². The molecule has 0 saturated heterocycles. The van der Waals surface area contributed by atoms with Crippen LogP contribution in [0.15, 0.2) is 46.5 Å². The number of esters is 1. The van der Waals surface area contributed by atoms with Crippen LogP contribution in [0.5, 0.6) is 11.8 Å². The fourth-order valence-electron chi connectivity index (χ4n) is 1.67. The molecule has 0 bridgehead atoms. The first kappa shape index (κ1) is 16.8. The van der Waals surface area contributed by atoms with E-state index >= 15 is 0 Å². The van der Waals surface area contributed by atoms with Gasteiger partial charge in [-0.3, -0.25) is 0 Å². The number of ether oxygens (including phenoxy) is 3. The molecule has 1 heterocycles. The van der Waals surface area contributed by atoms with Gasteiger partial charge in [0.15, 0.2) is 5.16 Å². The maximum atomic E-state index is 12.0. The second-order valence-corrected chi connectivity index (χ2v) is 5.26. The standard InChI is InChI=1S/C16H16N2O4S/c1-20-13-10-14(21-2)18-16(17-13)23-12(15(19)22-3)9-11-7-5-4-6-8-11/h4-10H,1-3H3. The molecule has 0 spiro atoms. The van der Waals surface area contributed by atoms with Crippen LogP contribution in [0.25, 0.3) is 6.08 Å². The van der Waals surface area contributed by atoms with Gasteiger partial charge >= 0.3 is 5.97 Å². The number of methoxy groups -OCH3 is 3. The summed E-state index contributed by atoms with van der Waals surface area (Å²) in [6.45, 7) is 0. The number of carbonyl (C=O) groups excluding carboxylic acids is 1. The van der Waals surface area contributed by atoms with Crippen molar-refractivity contribution in [3.8, 4) is 11.8 Å². The quantitative estimate of drug-likeness (QED) is 0.349. The van der Waals surface area contributed by atoms with Crippen LogP contribution in [0.1, 0.15) is 5.56 Å². The van der Waals surface area contributed by atoms with E-state index in [2.05, 4.69) is 9.97 Å². The Labute approximate surface area is 138 Å². The highest BCUT2D eigenvalue weighted by atomic mass is 32.2. The fourth-order valence-corrected chi connectivity index (χ4v) is 2.50. The summed E-state index contributed by atoms with van der Waals surface area (Å²) in [4.78, 5) is 20.8. The molecule has 7 heteroatoms. The second kappa shape index (κ2) is 8.19. The number of hydrogen-bond acceptors (Lipinski definition) is 7. The third kappa shape index (κ3) is 4.72. The van der Waals surface area contributed by atoms with Crippen LogP contribution in [0, 0.1) is 0 Å². The first-order valence-electron chi connectivity index (χ1n) is 6.66. The van der Waals surface area contributed by atoms with Crippen LogP contribution < -0.4 is 9.47 Å². The van der Waals surface area contributed by atoms with Crippen molar-refractivity contribution in [1.29, 1.82) is 0 Å². The van der Waals surface area contributed by atoms with Crippen LogP contribution in [-0.2, 0) is 9.53 Å². The number of thioether (sulfide) groups is 1. The molecule has 6 nitrogen and oxygen atoms in total. The minimum absolute atomic E-state index is 0.328. The zero-order valence-corrected chi connectivity index (χ0v) is 13.8. The molecule has 0 aliphatic rings. The van der Waals surface area contributed by atoms with E-state index in [-0.39, 0.29) is 0 Å². The average molecular weight is 332 g/mol. The SMILES string of the molecule is COC(=O)C(=Cc1ccccc1)Sc1nc(OC)cc(OC)n1. The molecule has 2 rings (SSSR count). The van der Waals surface area contributed by atoms with Gasteiger partial charge in [0.05, 0.1) is 27.4 Å². The first-order valence-corrected chi connectivity index (χ1v) is 7.48. The maximum Gasteiger partial charge on any atom is 0.344 e. The van der Waals surface area contributed by atoms with Crippen molar-refractivity contribution in [2.24, 2.45) is 0 Å². The molecule has 0 aliphatic heterocycles. The van der Waals surface area contributed by atoms with Crippen molar-refractivity contribution in [3.63, 3.8) is 0 Å². The first-order chi connectivity index (χ1) is 11.2. The molecule has 0 aliphatic carbocycles. The van der Waals surface area contributed by atoms with E-state index in [9.17, 15) is 4.79 Å². The normalized spacial score (nSPS) is 11.0. The van der Waals surface area contributed by atoms with Gasteiger partial charge in [-0.1, -0.05) is 30.3 Å². The molecule has 1 aromatic carbocycles. The smallest absolute Gasteiger partial charge is 0.344 e. The number of nitrogens with zero attached hydrogens (tertiary/aromatic N) is 2. The van der Waals surface area contributed by atoms with Crippen molar-refractivity contribution in [2.75, 3.05) is 21.3 Å². The Balaban J connectivity index is 2.35. The molecule has 0 radical (unpaired) electrons. The Bertz CT molecular complexity index is 682. The van der Waals surface area contributed by atoms with E-state index in [0.717, 1.165) is 17.3 Å². The molecular weight excluding hydrogens is 316 g/mol. The third-order valence-electron chi connectivity index (χ3n) is 2.76. The molecule has 0 N–H and O–H groups in total. The molecule has 2 aromatic rings. The van der Waals surface area contributed by atoms with Crippen LogP contribution in [-0.4, -0.2) is 37.3 Å². The van der Waals surface area contributed by atoms with Gasteiger partial charge in [0.25, 0.3) is 0 Å². The number of hydrogen-bond donors (Lipinski definition) is 0. The fraction of sp³-hybridized carbons (Fsp3) is 0.188. The summed E-state index contributed by atoms with van der Waals surface area (Å²) in [5.74, 6) is 0.232. The minimum Gasteiger partial charge on any atom is -0.481 e. The van der Waals surface area contributed by atoms with Gasteiger partial charge in [-0.05, 0) is 23.4 Å². The van der Waals surface area contributed by atoms with Gasteiger partial charge < -0.3 is 14.2 Å². The number of benzene rings is 1. The Morgan fingerprint density at radius 3 is 2.17 bits per heavy atom. The molecule has 0 unspecified atom stereocenters. The molecule has 1 aromatic heterocycles. The van der Waals surface area contributed by atoms with E-state index in [4.69, 9.17) is 14.2 Å². The predicted molar refractivity (Wildman–Crippen MR) is 87.4 cm³/mol. The summed E-state index contributed by atoms with van der Waals surface area (Å²) < 4.78 is 15.0. The highest BCUT2D eigenvalue weighted by Crippen LogP contribution is 2.29.